The van der Waals surface area contributed by atoms with Crippen molar-refractivity contribution < 1.29 is 4.39 Å². The van der Waals surface area contributed by atoms with Gasteiger partial charge in [-0.25, -0.2) is 9.07 Å². The van der Waals surface area contributed by atoms with Crippen molar-refractivity contribution in [2.75, 3.05) is 0 Å². The van der Waals surface area contributed by atoms with Crippen molar-refractivity contribution in [3.8, 4) is 0 Å². The second-order valence-corrected chi connectivity index (χ2v) is 9.89. The first-order valence-corrected chi connectivity index (χ1v) is 12.9. The van der Waals surface area contributed by atoms with E-state index >= 15 is 0 Å². The molecule has 2 aromatic carbocycles. The van der Waals surface area contributed by atoms with Crippen molar-refractivity contribution in [2.24, 2.45) is 0 Å². The SMILES string of the molecule is CC[C@@H](c1nnnn1C1CCCCC1)N(Cc1ccc(F)cc1)Cc1cc2cccc(C)c2[nH]c1=O. The Balaban J connectivity index is 1.53. The van der Waals surface area contributed by atoms with Gasteiger partial charge < -0.3 is 4.98 Å². The van der Waals surface area contributed by atoms with Gasteiger partial charge in [0.25, 0.3) is 5.56 Å². The number of rotatable bonds is 8. The number of benzene rings is 2. The minimum Gasteiger partial charge on any atom is -0.321 e. The van der Waals surface area contributed by atoms with Gasteiger partial charge in [-0.1, -0.05) is 56.5 Å². The van der Waals surface area contributed by atoms with Gasteiger partial charge in [0.15, 0.2) is 5.82 Å². The molecule has 0 radical (unpaired) electrons. The molecule has 5 rings (SSSR count). The minimum absolute atomic E-state index is 0.0948. The summed E-state index contributed by atoms with van der Waals surface area (Å²) >= 11 is 0. The molecule has 1 N–H and O–H groups in total. The van der Waals surface area contributed by atoms with Crippen LogP contribution in [0.5, 0.6) is 0 Å². The second-order valence-electron chi connectivity index (χ2n) is 9.89. The molecule has 1 saturated carbocycles. The first-order chi connectivity index (χ1) is 17.5. The summed E-state index contributed by atoms with van der Waals surface area (Å²) in [5.74, 6) is 0.569. The van der Waals surface area contributed by atoms with E-state index < -0.39 is 0 Å². The van der Waals surface area contributed by atoms with E-state index in [1.807, 2.05) is 35.9 Å². The standard InChI is InChI=1S/C28H33FN6O/c1-3-25(27-31-32-33-35(27)24-10-5-4-6-11-24)34(17-20-12-14-23(29)15-13-20)18-22-16-21-9-7-8-19(2)26(21)30-28(22)36/h7-9,12-16,24-25H,3-6,10-11,17-18H2,1-2H3,(H,30,36)/t25-/m0/s1. The lowest BCUT2D eigenvalue weighted by Gasteiger charge is -2.32. The fraction of sp³-hybridized carbons (Fsp3) is 0.429. The number of aromatic nitrogens is 5. The van der Waals surface area contributed by atoms with Gasteiger partial charge in [0.2, 0.25) is 0 Å². The lowest BCUT2D eigenvalue weighted by atomic mass is 9.95. The number of halogens is 1. The van der Waals surface area contributed by atoms with Crippen LogP contribution in [-0.4, -0.2) is 30.1 Å². The number of pyridine rings is 1. The summed E-state index contributed by atoms with van der Waals surface area (Å²) < 4.78 is 15.6. The van der Waals surface area contributed by atoms with Crippen LogP contribution >= 0.6 is 0 Å². The summed E-state index contributed by atoms with van der Waals surface area (Å²) in [5, 5.41) is 13.9. The third-order valence-corrected chi connectivity index (χ3v) is 7.40. The highest BCUT2D eigenvalue weighted by atomic mass is 19.1. The van der Waals surface area contributed by atoms with Crippen LogP contribution in [0.1, 0.15) is 80.0 Å². The molecule has 2 heterocycles. The normalized spacial score (nSPS) is 15.6. The summed E-state index contributed by atoms with van der Waals surface area (Å²) in [4.78, 5) is 18.5. The second kappa shape index (κ2) is 10.7. The fourth-order valence-electron chi connectivity index (χ4n) is 5.48. The average Bonchev–Trinajstić information content (AvgIpc) is 3.37. The maximum Gasteiger partial charge on any atom is 0.252 e. The number of nitrogens with one attached hydrogen (secondary N) is 1. The highest BCUT2D eigenvalue weighted by Crippen LogP contribution is 2.32. The highest BCUT2D eigenvalue weighted by molar-refractivity contribution is 5.81. The van der Waals surface area contributed by atoms with Crippen molar-refractivity contribution in [1.82, 2.24) is 30.1 Å². The van der Waals surface area contributed by atoms with Crippen LogP contribution in [0, 0.1) is 12.7 Å². The molecule has 0 unspecified atom stereocenters. The van der Waals surface area contributed by atoms with Gasteiger partial charge in [-0.05, 0) is 71.3 Å². The molecule has 0 aliphatic heterocycles. The molecule has 0 amide bonds. The van der Waals surface area contributed by atoms with Crippen molar-refractivity contribution in [3.05, 3.63) is 87.2 Å². The summed E-state index contributed by atoms with van der Waals surface area (Å²) in [5.41, 5.74) is 3.47. The van der Waals surface area contributed by atoms with Crippen molar-refractivity contribution in [2.45, 2.75) is 77.5 Å². The number of fused-ring (bicyclic) bond motifs is 1. The predicted octanol–water partition coefficient (Wildman–Crippen LogP) is 5.62. The number of hydrogen-bond donors (Lipinski definition) is 1. The van der Waals surface area contributed by atoms with E-state index in [1.54, 1.807) is 12.1 Å². The molecule has 1 aliphatic rings. The van der Waals surface area contributed by atoms with Crippen LogP contribution in [0.4, 0.5) is 4.39 Å². The van der Waals surface area contributed by atoms with Crippen molar-refractivity contribution >= 4 is 10.9 Å². The van der Waals surface area contributed by atoms with Crippen LogP contribution in [0.25, 0.3) is 10.9 Å². The van der Waals surface area contributed by atoms with Gasteiger partial charge >= 0.3 is 0 Å². The third-order valence-electron chi connectivity index (χ3n) is 7.40. The molecule has 1 aliphatic carbocycles. The topological polar surface area (TPSA) is 79.7 Å². The molecule has 4 aromatic rings. The van der Waals surface area contributed by atoms with E-state index in [2.05, 4.69) is 32.3 Å². The summed E-state index contributed by atoms with van der Waals surface area (Å²) in [6.45, 7) is 5.08. The molecule has 0 bridgehead atoms. The van der Waals surface area contributed by atoms with Gasteiger partial charge in [-0.2, -0.15) is 0 Å². The van der Waals surface area contributed by atoms with E-state index in [1.165, 1.54) is 31.4 Å². The zero-order valence-corrected chi connectivity index (χ0v) is 21.0. The number of tetrazole rings is 1. The first kappa shape index (κ1) is 24.3. The number of nitrogens with zero attached hydrogens (tertiary/aromatic N) is 5. The smallest absolute Gasteiger partial charge is 0.252 e. The van der Waals surface area contributed by atoms with E-state index in [0.29, 0.717) is 24.7 Å². The quantitative estimate of drug-likeness (QED) is 0.348. The number of para-hydroxylation sites is 1. The van der Waals surface area contributed by atoms with Crippen LogP contribution in [0.15, 0.2) is 53.3 Å². The van der Waals surface area contributed by atoms with Gasteiger partial charge in [0.05, 0.1) is 17.6 Å². The number of hydrogen-bond acceptors (Lipinski definition) is 5. The summed E-state index contributed by atoms with van der Waals surface area (Å²) in [6.07, 6.45) is 6.56. The fourth-order valence-corrected chi connectivity index (χ4v) is 5.48. The Labute approximate surface area is 210 Å². The van der Waals surface area contributed by atoms with Crippen molar-refractivity contribution in [1.29, 1.82) is 0 Å². The van der Waals surface area contributed by atoms with E-state index in [-0.39, 0.29) is 17.4 Å². The van der Waals surface area contributed by atoms with E-state index in [4.69, 9.17) is 0 Å². The maximum absolute atomic E-state index is 13.6. The predicted molar refractivity (Wildman–Crippen MR) is 138 cm³/mol. The first-order valence-electron chi connectivity index (χ1n) is 12.9. The number of aromatic amines is 1. The van der Waals surface area contributed by atoms with E-state index in [0.717, 1.165) is 47.1 Å². The van der Waals surface area contributed by atoms with Gasteiger partial charge in [0.1, 0.15) is 5.82 Å². The molecule has 2 aromatic heterocycles. The third kappa shape index (κ3) is 5.09. The van der Waals surface area contributed by atoms with Gasteiger partial charge in [-0.3, -0.25) is 9.69 Å². The van der Waals surface area contributed by atoms with Crippen LogP contribution in [0.2, 0.25) is 0 Å². The largest absolute Gasteiger partial charge is 0.321 e. The maximum atomic E-state index is 13.6. The van der Waals surface area contributed by atoms with E-state index in [9.17, 15) is 9.18 Å². The molecule has 8 heteroatoms. The van der Waals surface area contributed by atoms with Crippen molar-refractivity contribution in [3.63, 3.8) is 0 Å². The highest BCUT2D eigenvalue weighted by Gasteiger charge is 2.29. The molecule has 1 atom stereocenters. The Morgan fingerprint density at radius 2 is 1.89 bits per heavy atom. The summed E-state index contributed by atoms with van der Waals surface area (Å²) in [6, 6.07) is 14.8. The molecule has 1 fully saturated rings. The Morgan fingerprint density at radius 1 is 1.11 bits per heavy atom. The van der Waals surface area contributed by atoms with Crippen LogP contribution in [-0.2, 0) is 13.1 Å². The minimum atomic E-state index is -0.264. The number of aryl methyl sites for hydroxylation is 1. The number of H-pyrrole nitrogens is 1. The Morgan fingerprint density at radius 3 is 2.64 bits per heavy atom. The zero-order valence-electron chi connectivity index (χ0n) is 21.0. The molecule has 0 saturated heterocycles. The monoisotopic (exact) mass is 488 g/mol. The van der Waals surface area contributed by atoms with Gasteiger partial charge in [-0.15, -0.1) is 5.10 Å². The molecule has 0 spiro atoms. The summed E-state index contributed by atoms with van der Waals surface area (Å²) in [7, 11) is 0. The lowest BCUT2D eigenvalue weighted by Crippen LogP contribution is -2.33. The molecular formula is C28H33FN6O. The van der Waals surface area contributed by atoms with Gasteiger partial charge in [0, 0.05) is 18.7 Å². The Kier molecular flexibility index (Phi) is 7.23. The van der Waals surface area contributed by atoms with Crippen LogP contribution < -0.4 is 5.56 Å². The Hall–Kier alpha value is -3.39. The molecule has 7 nitrogen and oxygen atoms in total. The average molecular weight is 489 g/mol. The lowest BCUT2D eigenvalue weighted by molar-refractivity contribution is 0.155. The zero-order chi connectivity index (χ0) is 25.1. The molecule has 36 heavy (non-hydrogen) atoms. The van der Waals surface area contributed by atoms with Crippen LogP contribution in [0.3, 0.4) is 0 Å². The molecule has 188 valence electrons. The molecular weight excluding hydrogens is 455 g/mol. The Bertz CT molecular complexity index is 1370.